The van der Waals surface area contributed by atoms with Crippen molar-refractivity contribution in [1.82, 2.24) is 23.9 Å². The first-order valence-corrected chi connectivity index (χ1v) is 13.0. The second kappa shape index (κ2) is 7.41. The Labute approximate surface area is 177 Å². The van der Waals surface area contributed by atoms with Gasteiger partial charge in [-0.3, -0.25) is 13.8 Å². The van der Waals surface area contributed by atoms with Gasteiger partial charge in [0.25, 0.3) is 0 Å². The van der Waals surface area contributed by atoms with Gasteiger partial charge in [0.15, 0.2) is 14.0 Å². The molecule has 0 unspecified atom stereocenters. The normalized spacial score (nSPS) is 12.9. The molecule has 29 heavy (non-hydrogen) atoms. The molecule has 0 N–H and O–H groups in total. The van der Waals surface area contributed by atoms with Gasteiger partial charge in [0, 0.05) is 37.1 Å². The van der Waals surface area contributed by atoms with Gasteiger partial charge in [0.2, 0.25) is 0 Å². The van der Waals surface area contributed by atoms with E-state index in [0.717, 1.165) is 16.8 Å². The molecule has 0 radical (unpaired) electrons. The van der Waals surface area contributed by atoms with Gasteiger partial charge in [-0.1, -0.05) is 32.4 Å². The van der Waals surface area contributed by atoms with Crippen molar-refractivity contribution in [3.05, 3.63) is 44.7 Å². The average Bonchev–Trinajstić information content (AvgIpc) is 3.10. The minimum Gasteiger partial charge on any atom is -0.412 e. The molecule has 3 rings (SSSR count). The fourth-order valence-electron chi connectivity index (χ4n) is 3.05. The molecular weight excluding hydrogens is 406 g/mol. The van der Waals surface area contributed by atoms with E-state index in [-0.39, 0.29) is 10.7 Å². The van der Waals surface area contributed by atoms with Crippen LogP contribution < -0.4 is 5.69 Å². The van der Waals surface area contributed by atoms with Crippen LogP contribution in [0.3, 0.4) is 0 Å². The number of hydrogen-bond acceptors (Lipinski definition) is 4. The zero-order valence-electron chi connectivity index (χ0n) is 18.5. The van der Waals surface area contributed by atoms with E-state index in [4.69, 9.17) is 21.0 Å². The van der Waals surface area contributed by atoms with E-state index in [2.05, 4.69) is 39.0 Å². The van der Waals surface area contributed by atoms with Gasteiger partial charge >= 0.3 is 5.69 Å². The fraction of sp³-hybridized carbons (Fsp3) is 0.550. The van der Waals surface area contributed by atoms with Crippen LogP contribution in [0, 0.1) is 6.92 Å². The van der Waals surface area contributed by atoms with Crippen molar-refractivity contribution in [2.75, 3.05) is 0 Å². The topological polar surface area (TPSA) is 66.9 Å². The van der Waals surface area contributed by atoms with Crippen LogP contribution in [0.1, 0.15) is 37.6 Å². The highest BCUT2D eigenvalue weighted by Gasteiger charge is 2.37. The Morgan fingerprint density at radius 2 is 1.90 bits per heavy atom. The minimum absolute atomic E-state index is 0.102. The first-order chi connectivity index (χ1) is 13.3. The monoisotopic (exact) mass is 435 g/mol. The molecule has 0 fully saturated rings. The molecule has 0 amide bonds. The maximum atomic E-state index is 12.9. The predicted molar refractivity (Wildman–Crippen MR) is 119 cm³/mol. The maximum Gasteiger partial charge on any atom is 0.330 e. The molecule has 0 atom stereocenters. The quantitative estimate of drug-likeness (QED) is 0.568. The number of hydrogen-bond donors (Lipinski definition) is 0. The summed E-state index contributed by atoms with van der Waals surface area (Å²) in [7, 11) is 1.64. The predicted octanol–water partition coefficient (Wildman–Crippen LogP) is 4.00. The van der Waals surface area contributed by atoms with Gasteiger partial charge in [0.1, 0.15) is 5.52 Å². The number of halogens is 1. The van der Waals surface area contributed by atoms with Gasteiger partial charge in [-0.2, -0.15) is 5.10 Å². The van der Waals surface area contributed by atoms with Gasteiger partial charge in [-0.05, 0) is 25.1 Å². The molecule has 0 bridgehead atoms. The molecule has 0 saturated heterocycles. The van der Waals surface area contributed by atoms with E-state index in [1.807, 2.05) is 20.2 Å². The highest BCUT2D eigenvalue weighted by Crippen LogP contribution is 2.38. The Kier molecular flexibility index (Phi) is 5.57. The molecule has 3 aromatic rings. The number of aryl methyl sites for hydroxylation is 3. The fourth-order valence-corrected chi connectivity index (χ4v) is 4.39. The molecule has 9 heteroatoms. The summed E-state index contributed by atoms with van der Waals surface area (Å²) >= 11 is 6.79. The van der Waals surface area contributed by atoms with Crippen LogP contribution in [0.4, 0.5) is 0 Å². The summed E-state index contributed by atoms with van der Waals surface area (Å²) in [5.41, 5.74) is 3.63. The van der Waals surface area contributed by atoms with E-state index in [0.29, 0.717) is 29.3 Å². The lowest BCUT2D eigenvalue weighted by Crippen LogP contribution is -2.40. The second-order valence-electron chi connectivity index (χ2n) is 9.16. The Bertz CT molecular complexity index is 1120. The molecule has 0 aliphatic carbocycles. The lowest BCUT2D eigenvalue weighted by Gasteiger charge is -2.36. The first kappa shape index (κ1) is 21.8. The lowest BCUT2D eigenvalue weighted by atomic mass is 10.2. The summed E-state index contributed by atoms with van der Waals surface area (Å²) in [5.74, 6) is 0. The lowest BCUT2D eigenvalue weighted by molar-refractivity contribution is 0.275. The van der Waals surface area contributed by atoms with Crippen molar-refractivity contribution in [2.24, 2.45) is 14.1 Å². The Morgan fingerprint density at radius 3 is 2.45 bits per heavy atom. The first-order valence-electron chi connectivity index (χ1n) is 9.69. The highest BCUT2D eigenvalue weighted by molar-refractivity contribution is 6.74. The summed E-state index contributed by atoms with van der Waals surface area (Å²) in [6, 6.07) is 0. The van der Waals surface area contributed by atoms with Crippen molar-refractivity contribution < 1.29 is 4.43 Å². The van der Waals surface area contributed by atoms with Crippen LogP contribution in [0.25, 0.3) is 11.2 Å². The van der Waals surface area contributed by atoms with Crippen molar-refractivity contribution in [3.63, 3.8) is 0 Å². The Balaban J connectivity index is 2.05. The van der Waals surface area contributed by atoms with Gasteiger partial charge in [-0.15, -0.1) is 0 Å². The third kappa shape index (κ3) is 3.93. The molecular formula is C20H30ClN5O2Si. The largest absolute Gasteiger partial charge is 0.412 e. The molecule has 3 heterocycles. The van der Waals surface area contributed by atoms with E-state index in [9.17, 15) is 4.79 Å². The van der Waals surface area contributed by atoms with Crippen LogP contribution in [-0.4, -0.2) is 32.2 Å². The average molecular weight is 436 g/mol. The van der Waals surface area contributed by atoms with Gasteiger partial charge < -0.3 is 4.43 Å². The van der Waals surface area contributed by atoms with Crippen LogP contribution in [-0.2, 0) is 31.7 Å². The molecule has 158 valence electrons. The molecule has 0 aliphatic rings. The van der Waals surface area contributed by atoms with Crippen LogP contribution in [0.15, 0.2) is 17.2 Å². The molecule has 0 aromatic carbocycles. The van der Waals surface area contributed by atoms with E-state index >= 15 is 0 Å². The van der Waals surface area contributed by atoms with Crippen LogP contribution in [0.2, 0.25) is 23.2 Å². The number of pyridine rings is 1. The summed E-state index contributed by atoms with van der Waals surface area (Å²) in [6.07, 6.45) is 3.64. The zero-order chi connectivity index (χ0) is 21.7. The molecule has 0 aliphatic heterocycles. The zero-order valence-corrected chi connectivity index (χ0v) is 20.3. The molecule has 7 nitrogen and oxygen atoms in total. The number of aromatic nitrogens is 5. The van der Waals surface area contributed by atoms with Gasteiger partial charge in [0.05, 0.1) is 24.4 Å². The minimum atomic E-state index is -1.94. The summed E-state index contributed by atoms with van der Waals surface area (Å²) in [6.45, 7) is 13.7. The molecule has 0 spiro atoms. The number of rotatable bonds is 5. The third-order valence-electron chi connectivity index (χ3n) is 5.99. The molecule has 0 saturated carbocycles. The SMILES string of the molecule is Cc1nc2c(c(Cl)c1CO[Si](C)(C)C(C)(C)C)n(C)c(=O)n2Cc1cnn(C)c1. The van der Waals surface area contributed by atoms with Crippen LogP contribution in [0.5, 0.6) is 0 Å². The standard InChI is InChI=1S/C20H30ClN5O2Si/c1-13-15(12-28-29(7,8)20(2,3)4)16(21)17-18(23-13)26(19(27)25(17)6)11-14-9-22-24(5)10-14/h9-10H,11-12H2,1-8H3. The Morgan fingerprint density at radius 1 is 1.24 bits per heavy atom. The maximum absolute atomic E-state index is 12.9. The van der Waals surface area contributed by atoms with Crippen molar-refractivity contribution >= 4 is 31.1 Å². The van der Waals surface area contributed by atoms with Crippen molar-refractivity contribution in [2.45, 2.75) is 59.0 Å². The summed E-state index contributed by atoms with van der Waals surface area (Å²) in [4.78, 5) is 17.6. The van der Waals surface area contributed by atoms with Crippen molar-refractivity contribution in [3.8, 4) is 0 Å². The third-order valence-corrected chi connectivity index (χ3v) is 10.9. The Hall–Kier alpha value is -1.90. The van der Waals surface area contributed by atoms with Crippen LogP contribution >= 0.6 is 11.6 Å². The van der Waals surface area contributed by atoms with Gasteiger partial charge in [-0.25, -0.2) is 9.78 Å². The summed E-state index contributed by atoms with van der Waals surface area (Å²) in [5, 5.41) is 4.82. The smallest absolute Gasteiger partial charge is 0.330 e. The number of imidazole rings is 1. The summed E-state index contributed by atoms with van der Waals surface area (Å²) < 4.78 is 11.3. The van der Waals surface area contributed by atoms with Crippen molar-refractivity contribution in [1.29, 1.82) is 0 Å². The highest BCUT2D eigenvalue weighted by atomic mass is 35.5. The van der Waals surface area contributed by atoms with E-state index in [1.165, 1.54) is 0 Å². The van der Waals surface area contributed by atoms with E-state index in [1.54, 1.807) is 27.1 Å². The number of fused-ring (bicyclic) bond motifs is 1. The second-order valence-corrected chi connectivity index (χ2v) is 14.3. The number of nitrogens with zero attached hydrogens (tertiary/aromatic N) is 5. The molecule has 3 aromatic heterocycles. The van der Waals surface area contributed by atoms with E-state index < -0.39 is 8.32 Å².